The summed E-state index contributed by atoms with van der Waals surface area (Å²) in [6.07, 6.45) is 17.7. The summed E-state index contributed by atoms with van der Waals surface area (Å²) in [7, 11) is 0. The summed E-state index contributed by atoms with van der Waals surface area (Å²) < 4.78 is 0. The molecule has 0 spiro atoms. The molecule has 1 heterocycles. The van der Waals surface area contributed by atoms with Crippen LogP contribution in [0.1, 0.15) is 76.8 Å². The van der Waals surface area contributed by atoms with E-state index in [4.69, 9.17) is 10.8 Å². The number of carbonyl (C=O) groups is 1. The Morgan fingerprint density at radius 1 is 1.20 bits per heavy atom. The van der Waals surface area contributed by atoms with Crippen molar-refractivity contribution in [1.82, 2.24) is 9.97 Å². The van der Waals surface area contributed by atoms with E-state index in [-0.39, 0.29) is 36.0 Å². The number of aliphatic carboxylic acids is 1. The number of H-pyrrole nitrogens is 1. The third kappa shape index (κ3) is 17.9. The summed E-state index contributed by atoms with van der Waals surface area (Å²) in [5.41, 5.74) is 6.00. The second kappa shape index (κ2) is 19.6. The zero-order chi connectivity index (χ0) is 18.0. The maximum atomic E-state index is 10.3. The average molecular weight is 361 g/mol. The van der Waals surface area contributed by atoms with Gasteiger partial charge in [0.15, 0.2) is 0 Å². The number of hydrogen-bond acceptors (Lipinski definition) is 4. The van der Waals surface area contributed by atoms with E-state index in [1.807, 2.05) is 6.29 Å². The van der Waals surface area contributed by atoms with E-state index >= 15 is 0 Å². The van der Waals surface area contributed by atoms with Crippen molar-refractivity contribution >= 4 is 12.3 Å². The van der Waals surface area contributed by atoms with Crippen LogP contribution in [0.3, 0.4) is 0 Å². The Hall–Kier alpha value is -0.690. The molecular formula is C18H32N3NaO3. The van der Waals surface area contributed by atoms with E-state index in [2.05, 4.69) is 16.9 Å². The predicted molar refractivity (Wildman–Crippen MR) is 95.4 cm³/mol. The van der Waals surface area contributed by atoms with E-state index in [0.29, 0.717) is 6.42 Å². The number of rotatable bonds is 13. The summed E-state index contributed by atoms with van der Waals surface area (Å²) >= 11 is 0. The van der Waals surface area contributed by atoms with Crippen LogP contribution < -0.4 is 35.3 Å². The van der Waals surface area contributed by atoms with Crippen molar-refractivity contribution in [3.8, 4) is 0 Å². The average Bonchev–Trinajstić information content (AvgIpc) is 3.07. The fraction of sp³-hybridized carbons (Fsp3) is 0.722. The number of carboxylic acid groups (broad SMARTS) is 1. The van der Waals surface area contributed by atoms with Gasteiger partial charge in [0.1, 0.15) is 6.04 Å². The van der Waals surface area contributed by atoms with Gasteiger partial charge in [-0.1, -0.05) is 64.7 Å². The Balaban J connectivity index is 0. The maximum absolute atomic E-state index is 10.3. The van der Waals surface area contributed by atoms with Gasteiger partial charge in [0.25, 0.3) is 0 Å². The first kappa shape index (κ1) is 26.5. The fourth-order valence-electron chi connectivity index (χ4n) is 2.23. The number of nitrogens with one attached hydrogen (secondary N) is 1. The number of imidazole rings is 1. The van der Waals surface area contributed by atoms with Crippen LogP contribution in [0.25, 0.3) is 0 Å². The van der Waals surface area contributed by atoms with Gasteiger partial charge < -0.3 is 20.6 Å². The number of carboxylic acids is 1. The van der Waals surface area contributed by atoms with Gasteiger partial charge in [0.05, 0.1) is 6.33 Å². The van der Waals surface area contributed by atoms with E-state index in [1.165, 1.54) is 57.7 Å². The zero-order valence-electron chi connectivity index (χ0n) is 15.8. The van der Waals surface area contributed by atoms with Crippen molar-refractivity contribution in [1.29, 1.82) is 0 Å². The number of aromatic nitrogens is 2. The molecule has 4 N–H and O–H groups in total. The number of nitrogens with two attached hydrogens (primary N) is 1. The largest absolute Gasteiger partial charge is 1.00 e. The van der Waals surface area contributed by atoms with E-state index in [9.17, 15) is 9.59 Å². The fourth-order valence-corrected chi connectivity index (χ4v) is 2.23. The molecule has 0 radical (unpaired) electrons. The topological polar surface area (TPSA) is 109 Å². The van der Waals surface area contributed by atoms with Gasteiger partial charge in [-0.3, -0.25) is 11.1 Å². The molecule has 6 nitrogen and oxygen atoms in total. The molecule has 1 unspecified atom stereocenters. The minimum atomic E-state index is -1.00. The molecule has 0 aliphatic carbocycles. The molecule has 0 aliphatic rings. The van der Waals surface area contributed by atoms with Crippen LogP contribution in [0, 0.1) is 0 Å². The third-order valence-corrected chi connectivity index (χ3v) is 3.69. The molecular weight excluding hydrogens is 329 g/mol. The van der Waals surface area contributed by atoms with E-state index < -0.39 is 12.0 Å². The van der Waals surface area contributed by atoms with Crippen LogP contribution in [-0.2, 0) is 16.0 Å². The minimum absolute atomic E-state index is 0. The Labute approximate surface area is 173 Å². The van der Waals surface area contributed by atoms with Gasteiger partial charge in [-0.05, 0) is 0 Å². The van der Waals surface area contributed by atoms with Crippen molar-refractivity contribution in [2.24, 2.45) is 5.73 Å². The van der Waals surface area contributed by atoms with Gasteiger partial charge in [0.2, 0.25) is 0 Å². The van der Waals surface area contributed by atoms with Crippen molar-refractivity contribution < 1.29 is 44.3 Å². The molecule has 0 bridgehead atoms. The summed E-state index contributed by atoms with van der Waals surface area (Å²) in [5.74, 6) is -1.00. The van der Waals surface area contributed by atoms with Gasteiger partial charge in [-0.15, -0.1) is 0 Å². The molecule has 0 fully saturated rings. The molecule has 0 amide bonds. The second-order valence-electron chi connectivity index (χ2n) is 5.95. The predicted octanol–water partition coefficient (Wildman–Crippen LogP) is 0.385. The Bertz CT molecular complexity index is 414. The first-order valence-corrected chi connectivity index (χ1v) is 8.92. The number of nitrogens with zero attached hydrogens (tertiary/aromatic N) is 1. The van der Waals surface area contributed by atoms with Gasteiger partial charge in [0, 0.05) is 18.3 Å². The molecule has 25 heavy (non-hydrogen) atoms. The smallest absolute Gasteiger partial charge is 0.542 e. The van der Waals surface area contributed by atoms with Gasteiger partial charge in [-0.25, -0.2) is 4.98 Å². The molecule has 0 aromatic carbocycles. The quantitative estimate of drug-likeness (QED) is 0.267. The van der Waals surface area contributed by atoms with E-state index in [0.717, 1.165) is 12.1 Å². The summed E-state index contributed by atoms with van der Waals surface area (Å²) in [4.78, 5) is 26.7. The molecule has 0 saturated heterocycles. The van der Waals surface area contributed by atoms with Crippen LogP contribution in [-0.4, -0.2) is 33.4 Å². The molecule has 7 heteroatoms. The zero-order valence-corrected chi connectivity index (χ0v) is 17.8. The first-order valence-electron chi connectivity index (χ1n) is 8.92. The van der Waals surface area contributed by atoms with Crippen molar-refractivity contribution in [3.63, 3.8) is 0 Å². The molecule has 1 atom stereocenters. The van der Waals surface area contributed by atoms with Crippen LogP contribution in [0.4, 0.5) is 0 Å². The summed E-state index contributed by atoms with van der Waals surface area (Å²) in [6, 6.07) is -0.851. The van der Waals surface area contributed by atoms with Crippen molar-refractivity contribution in [2.75, 3.05) is 0 Å². The van der Waals surface area contributed by atoms with Crippen LogP contribution in [0.5, 0.6) is 0 Å². The number of carbonyl (C=O) groups excluding carboxylic acids is 1. The Kier molecular flexibility index (Phi) is 20.8. The minimum Gasteiger partial charge on any atom is -0.542 e. The Morgan fingerprint density at radius 2 is 1.76 bits per heavy atom. The van der Waals surface area contributed by atoms with Crippen LogP contribution in [0.2, 0.25) is 0 Å². The van der Waals surface area contributed by atoms with Crippen molar-refractivity contribution in [2.45, 2.75) is 83.6 Å². The molecule has 138 valence electrons. The van der Waals surface area contributed by atoms with Gasteiger partial charge >= 0.3 is 35.5 Å². The summed E-state index contributed by atoms with van der Waals surface area (Å²) in [5, 5.41) is 8.42. The second-order valence-corrected chi connectivity index (χ2v) is 5.95. The normalized spacial score (nSPS) is 11.0. The van der Waals surface area contributed by atoms with Gasteiger partial charge in [-0.2, -0.15) is 6.42 Å². The molecule has 1 aromatic heterocycles. The number of aromatic amines is 1. The monoisotopic (exact) mass is 361 g/mol. The third-order valence-electron chi connectivity index (χ3n) is 3.69. The maximum Gasteiger partial charge on any atom is 1.00 e. The molecule has 0 saturated carbocycles. The first-order chi connectivity index (χ1) is 11.6. The number of hydrogen-bond donors (Lipinski definition) is 3. The van der Waals surface area contributed by atoms with Crippen molar-refractivity contribution in [3.05, 3.63) is 18.2 Å². The molecule has 1 aromatic rings. The molecule has 0 aliphatic heterocycles. The van der Waals surface area contributed by atoms with Crippen LogP contribution >= 0.6 is 0 Å². The van der Waals surface area contributed by atoms with Crippen LogP contribution in [0.15, 0.2) is 12.5 Å². The molecule has 1 rings (SSSR count). The Morgan fingerprint density at radius 3 is 2.20 bits per heavy atom. The SMILES string of the molecule is CCCCCCCCCCC[C-]=O.NC(Cc1cnc[nH]1)C(=O)O.[Na+]. The van der Waals surface area contributed by atoms with E-state index in [1.54, 1.807) is 6.20 Å². The standard InChI is InChI=1S/C12H23O.C6H9N3O2.Na/c1-2-3-4-5-6-7-8-9-10-11-12-13;7-5(6(10)11)1-4-2-8-3-9-4;/h2-11H2,1H3;2-3,5H,1,7H2,(H,8,9)(H,10,11);/q-1;;+1. The number of unbranched alkanes of at least 4 members (excludes halogenated alkanes) is 9. The summed E-state index contributed by atoms with van der Waals surface area (Å²) in [6.45, 7) is 2.25.